The molecule has 1 aromatic carbocycles. The van der Waals surface area contributed by atoms with E-state index < -0.39 is 5.97 Å². The molecule has 0 spiro atoms. The SMILES string of the molecule is Cc1csc(CCCC(=O)NC(CCC(=O)O)Cc2ccccc2)n1. The van der Waals surface area contributed by atoms with Crippen LogP contribution in [0.4, 0.5) is 0 Å². The molecule has 0 saturated heterocycles. The summed E-state index contributed by atoms with van der Waals surface area (Å²) in [7, 11) is 0. The number of benzene rings is 1. The van der Waals surface area contributed by atoms with Gasteiger partial charge in [-0.2, -0.15) is 0 Å². The summed E-state index contributed by atoms with van der Waals surface area (Å²) in [5.74, 6) is -0.869. The zero-order valence-electron chi connectivity index (χ0n) is 14.4. The number of hydrogen-bond donors (Lipinski definition) is 2. The molecular weight excluding hydrogens is 336 g/mol. The maximum atomic E-state index is 12.2. The molecule has 0 bridgehead atoms. The Bertz CT molecular complexity index is 685. The van der Waals surface area contributed by atoms with Crippen LogP contribution in [0.15, 0.2) is 35.7 Å². The standard InChI is InChI=1S/C19H24N2O3S/c1-14-13-25-18(20-14)9-5-8-17(22)21-16(10-11-19(23)24)12-15-6-3-2-4-7-15/h2-4,6-7,13,16H,5,8-12H2,1H3,(H,21,22)(H,23,24). The number of aromatic nitrogens is 1. The number of hydrogen-bond acceptors (Lipinski definition) is 4. The molecule has 2 aromatic rings. The highest BCUT2D eigenvalue weighted by Gasteiger charge is 2.15. The fraction of sp³-hybridized carbons (Fsp3) is 0.421. The van der Waals surface area contributed by atoms with Crippen LogP contribution in [-0.2, 0) is 22.4 Å². The molecule has 0 radical (unpaired) electrons. The van der Waals surface area contributed by atoms with Crippen LogP contribution in [0, 0.1) is 6.92 Å². The number of aliphatic carboxylic acids is 1. The van der Waals surface area contributed by atoms with E-state index in [1.165, 1.54) is 0 Å². The van der Waals surface area contributed by atoms with Crippen molar-refractivity contribution < 1.29 is 14.7 Å². The van der Waals surface area contributed by atoms with Crippen molar-refractivity contribution >= 4 is 23.2 Å². The predicted molar refractivity (Wildman–Crippen MR) is 98.7 cm³/mol. The Morgan fingerprint density at radius 2 is 2.00 bits per heavy atom. The van der Waals surface area contributed by atoms with Gasteiger partial charge in [-0.05, 0) is 38.2 Å². The van der Waals surface area contributed by atoms with Gasteiger partial charge in [0.05, 0.1) is 5.01 Å². The lowest BCUT2D eigenvalue weighted by molar-refractivity contribution is -0.137. The van der Waals surface area contributed by atoms with Gasteiger partial charge in [-0.1, -0.05) is 30.3 Å². The first-order chi connectivity index (χ1) is 12.0. The zero-order chi connectivity index (χ0) is 18.1. The first-order valence-corrected chi connectivity index (χ1v) is 9.37. The number of nitrogens with one attached hydrogen (secondary N) is 1. The molecule has 2 N–H and O–H groups in total. The second kappa shape index (κ2) is 9.93. The highest BCUT2D eigenvalue weighted by Crippen LogP contribution is 2.12. The average Bonchev–Trinajstić information content (AvgIpc) is 2.99. The molecule has 5 nitrogen and oxygen atoms in total. The molecule has 0 fully saturated rings. The van der Waals surface area contributed by atoms with Gasteiger partial charge in [-0.3, -0.25) is 9.59 Å². The number of aryl methyl sites for hydroxylation is 2. The molecule has 0 aliphatic carbocycles. The van der Waals surface area contributed by atoms with Crippen LogP contribution in [0.25, 0.3) is 0 Å². The average molecular weight is 360 g/mol. The lowest BCUT2D eigenvalue weighted by Crippen LogP contribution is -2.36. The lowest BCUT2D eigenvalue weighted by atomic mass is 10.0. The number of rotatable bonds is 10. The first kappa shape index (κ1) is 19.1. The number of carboxylic acids is 1. The van der Waals surface area contributed by atoms with Crippen LogP contribution >= 0.6 is 11.3 Å². The first-order valence-electron chi connectivity index (χ1n) is 8.49. The summed E-state index contributed by atoms with van der Waals surface area (Å²) in [6, 6.07) is 9.65. The Balaban J connectivity index is 1.81. The molecule has 25 heavy (non-hydrogen) atoms. The second-order valence-electron chi connectivity index (χ2n) is 6.12. The van der Waals surface area contributed by atoms with Crippen molar-refractivity contribution in [1.29, 1.82) is 0 Å². The molecule has 0 saturated carbocycles. The molecule has 0 aliphatic rings. The minimum absolute atomic E-state index is 0.0282. The minimum Gasteiger partial charge on any atom is -0.481 e. The van der Waals surface area contributed by atoms with E-state index in [9.17, 15) is 9.59 Å². The number of carbonyl (C=O) groups is 2. The molecule has 6 heteroatoms. The van der Waals surface area contributed by atoms with E-state index >= 15 is 0 Å². The van der Waals surface area contributed by atoms with Crippen molar-refractivity contribution in [3.63, 3.8) is 0 Å². The summed E-state index contributed by atoms with van der Waals surface area (Å²) < 4.78 is 0. The molecule has 0 aliphatic heterocycles. The van der Waals surface area contributed by atoms with Crippen molar-refractivity contribution in [1.82, 2.24) is 10.3 Å². The predicted octanol–water partition coefficient (Wildman–Crippen LogP) is 3.37. The summed E-state index contributed by atoms with van der Waals surface area (Å²) in [5.41, 5.74) is 2.11. The topological polar surface area (TPSA) is 79.3 Å². The van der Waals surface area contributed by atoms with Crippen molar-refractivity contribution in [2.75, 3.05) is 0 Å². The van der Waals surface area contributed by atoms with Gasteiger partial charge in [0.1, 0.15) is 0 Å². The molecule has 1 amide bonds. The summed E-state index contributed by atoms with van der Waals surface area (Å²) >= 11 is 1.62. The maximum Gasteiger partial charge on any atom is 0.303 e. The fourth-order valence-electron chi connectivity index (χ4n) is 2.64. The molecule has 1 heterocycles. The third-order valence-electron chi connectivity index (χ3n) is 3.86. The van der Waals surface area contributed by atoms with Gasteiger partial charge in [0, 0.05) is 30.0 Å². The van der Waals surface area contributed by atoms with Gasteiger partial charge >= 0.3 is 5.97 Å². The van der Waals surface area contributed by atoms with Gasteiger partial charge in [0.15, 0.2) is 0 Å². The molecule has 1 unspecified atom stereocenters. The number of nitrogens with zero attached hydrogens (tertiary/aromatic N) is 1. The van der Waals surface area contributed by atoms with E-state index in [1.54, 1.807) is 11.3 Å². The number of amides is 1. The Hall–Kier alpha value is -2.21. The number of thiazole rings is 1. The Morgan fingerprint density at radius 1 is 1.24 bits per heavy atom. The van der Waals surface area contributed by atoms with Crippen LogP contribution in [0.3, 0.4) is 0 Å². The number of carboxylic acid groups (broad SMARTS) is 1. The van der Waals surface area contributed by atoms with E-state index in [2.05, 4.69) is 10.3 Å². The van der Waals surface area contributed by atoms with E-state index in [0.717, 1.165) is 29.1 Å². The summed E-state index contributed by atoms with van der Waals surface area (Å²) in [4.78, 5) is 27.5. The van der Waals surface area contributed by atoms with Gasteiger partial charge in [0.2, 0.25) is 5.91 Å². The summed E-state index contributed by atoms with van der Waals surface area (Å²) in [6.07, 6.45) is 3.10. The van der Waals surface area contributed by atoms with E-state index in [1.807, 2.05) is 42.6 Å². The van der Waals surface area contributed by atoms with Gasteiger partial charge < -0.3 is 10.4 Å². The maximum absolute atomic E-state index is 12.2. The normalized spacial score (nSPS) is 11.9. The Morgan fingerprint density at radius 3 is 2.64 bits per heavy atom. The largest absolute Gasteiger partial charge is 0.481 e. The van der Waals surface area contributed by atoms with Crippen LogP contribution in [0.1, 0.15) is 41.9 Å². The lowest BCUT2D eigenvalue weighted by Gasteiger charge is -2.18. The summed E-state index contributed by atoms with van der Waals surface area (Å²) in [5, 5.41) is 15.0. The van der Waals surface area contributed by atoms with E-state index in [-0.39, 0.29) is 18.4 Å². The van der Waals surface area contributed by atoms with Gasteiger partial charge in [0.25, 0.3) is 0 Å². The molecule has 2 rings (SSSR count). The third-order valence-corrected chi connectivity index (χ3v) is 4.88. The van der Waals surface area contributed by atoms with Crippen LogP contribution in [-0.4, -0.2) is 28.0 Å². The van der Waals surface area contributed by atoms with Gasteiger partial charge in [-0.15, -0.1) is 11.3 Å². The highest BCUT2D eigenvalue weighted by atomic mass is 32.1. The van der Waals surface area contributed by atoms with Crippen molar-refractivity contribution in [2.24, 2.45) is 0 Å². The third kappa shape index (κ3) is 7.47. The molecule has 1 aromatic heterocycles. The van der Waals surface area contributed by atoms with Crippen LogP contribution in [0.2, 0.25) is 0 Å². The molecule has 1 atom stereocenters. The minimum atomic E-state index is -0.841. The molecular formula is C19H24N2O3S. The quantitative estimate of drug-likeness (QED) is 0.681. The van der Waals surface area contributed by atoms with Crippen molar-refractivity contribution in [2.45, 2.75) is 51.5 Å². The second-order valence-corrected chi connectivity index (χ2v) is 7.07. The highest BCUT2D eigenvalue weighted by molar-refractivity contribution is 7.09. The summed E-state index contributed by atoms with van der Waals surface area (Å²) in [6.45, 7) is 1.96. The van der Waals surface area contributed by atoms with E-state index in [4.69, 9.17) is 5.11 Å². The van der Waals surface area contributed by atoms with Crippen LogP contribution in [0.5, 0.6) is 0 Å². The van der Waals surface area contributed by atoms with E-state index in [0.29, 0.717) is 19.3 Å². The van der Waals surface area contributed by atoms with Gasteiger partial charge in [-0.25, -0.2) is 4.98 Å². The zero-order valence-corrected chi connectivity index (χ0v) is 15.2. The Labute approximate surface area is 152 Å². The molecule has 134 valence electrons. The Kier molecular flexibility index (Phi) is 7.60. The van der Waals surface area contributed by atoms with Crippen molar-refractivity contribution in [3.05, 3.63) is 52.0 Å². The van der Waals surface area contributed by atoms with Crippen LogP contribution < -0.4 is 5.32 Å². The smallest absolute Gasteiger partial charge is 0.303 e. The van der Waals surface area contributed by atoms with Crippen molar-refractivity contribution in [3.8, 4) is 0 Å². The monoisotopic (exact) mass is 360 g/mol. The number of carbonyl (C=O) groups excluding carboxylic acids is 1. The fourth-order valence-corrected chi connectivity index (χ4v) is 3.46.